The number of benzene rings is 1. The number of rotatable bonds is 4. The van der Waals surface area contributed by atoms with Gasteiger partial charge in [0.2, 0.25) is 0 Å². The lowest BCUT2D eigenvalue weighted by Gasteiger charge is -2.17. The molecular formula is C12H15FN2O5. The molecule has 1 atom stereocenters. The van der Waals surface area contributed by atoms with Gasteiger partial charge in [-0.1, -0.05) is 0 Å². The Kier molecular flexibility index (Phi) is 3.78. The molecule has 110 valence electrons. The molecule has 2 rings (SSSR count). The molecule has 20 heavy (non-hydrogen) atoms. The highest BCUT2D eigenvalue weighted by molar-refractivity contribution is 5.61. The number of nitrogen functional groups attached to an aromatic ring is 1. The van der Waals surface area contributed by atoms with Crippen molar-refractivity contribution in [2.24, 2.45) is 0 Å². The van der Waals surface area contributed by atoms with Gasteiger partial charge in [-0.15, -0.1) is 0 Å². The van der Waals surface area contributed by atoms with Crippen LogP contribution in [0.15, 0.2) is 12.1 Å². The lowest BCUT2D eigenvalue weighted by molar-refractivity contribution is -0.384. The molecular weight excluding hydrogens is 271 g/mol. The molecule has 0 saturated carbocycles. The Morgan fingerprint density at radius 2 is 2.30 bits per heavy atom. The van der Waals surface area contributed by atoms with Crippen LogP contribution in [-0.4, -0.2) is 30.0 Å². The Bertz CT molecular complexity index is 535. The van der Waals surface area contributed by atoms with Gasteiger partial charge < -0.3 is 19.9 Å². The number of nitrogens with zero attached hydrogens (tertiary/aromatic N) is 1. The van der Waals surface area contributed by atoms with Gasteiger partial charge in [0, 0.05) is 6.07 Å². The van der Waals surface area contributed by atoms with Crippen LogP contribution in [0.3, 0.4) is 0 Å². The lowest BCUT2D eigenvalue weighted by atomic mass is 10.2. The minimum Gasteiger partial charge on any atom is -0.488 e. The molecule has 1 heterocycles. The summed E-state index contributed by atoms with van der Waals surface area (Å²) in [6.45, 7) is 3.92. The first kappa shape index (κ1) is 14.5. The van der Waals surface area contributed by atoms with Crippen molar-refractivity contribution < 1.29 is 23.5 Å². The maximum absolute atomic E-state index is 13.7. The van der Waals surface area contributed by atoms with Crippen LogP contribution in [0.4, 0.5) is 15.8 Å². The molecule has 2 N–H and O–H groups in total. The molecule has 1 fully saturated rings. The van der Waals surface area contributed by atoms with Crippen LogP contribution >= 0.6 is 0 Å². The molecule has 0 unspecified atom stereocenters. The summed E-state index contributed by atoms with van der Waals surface area (Å²) < 4.78 is 29.7. The predicted octanol–water partition coefficient (Wildman–Crippen LogP) is 1.85. The van der Waals surface area contributed by atoms with Gasteiger partial charge in [0.25, 0.3) is 5.69 Å². The number of ether oxygens (including phenoxy) is 3. The van der Waals surface area contributed by atoms with Gasteiger partial charge >= 0.3 is 0 Å². The fourth-order valence-electron chi connectivity index (χ4n) is 1.86. The molecule has 1 aromatic rings. The maximum atomic E-state index is 13.7. The fraction of sp³-hybridized carbons (Fsp3) is 0.500. The third kappa shape index (κ3) is 3.14. The first-order chi connectivity index (χ1) is 9.28. The van der Waals surface area contributed by atoms with E-state index in [1.807, 2.05) is 0 Å². The van der Waals surface area contributed by atoms with E-state index in [9.17, 15) is 14.5 Å². The monoisotopic (exact) mass is 286 g/mol. The van der Waals surface area contributed by atoms with Crippen LogP contribution in [0.2, 0.25) is 0 Å². The van der Waals surface area contributed by atoms with E-state index in [0.717, 1.165) is 12.1 Å². The lowest BCUT2D eigenvalue weighted by Crippen LogP contribution is -2.25. The fourth-order valence-corrected chi connectivity index (χ4v) is 1.86. The highest BCUT2D eigenvalue weighted by Gasteiger charge is 2.33. The normalized spacial score (nSPS) is 20.9. The van der Waals surface area contributed by atoms with E-state index in [0.29, 0.717) is 6.61 Å². The van der Waals surface area contributed by atoms with E-state index in [1.165, 1.54) is 0 Å². The summed E-state index contributed by atoms with van der Waals surface area (Å²) in [7, 11) is 0. The van der Waals surface area contributed by atoms with Gasteiger partial charge in [0.05, 0.1) is 17.6 Å². The summed E-state index contributed by atoms with van der Waals surface area (Å²) in [6, 6.07) is 1.83. The Balaban J connectivity index is 2.04. The van der Waals surface area contributed by atoms with Crippen LogP contribution < -0.4 is 10.5 Å². The van der Waals surface area contributed by atoms with E-state index in [-0.39, 0.29) is 24.1 Å². The molecule has 0 spiro atoms. The molecule has 7 nitrogen and oxygen atoms in total. The SMILES string of the molecule is CC1(C)OC[C@H](COc2cc(N)c([N+](=O)[O-])cc2F)O1. The minimum atomic E-state index is -0.843. The van der Waals surface area contributed by atoms with Crippen molar-refractivity contribution in [1.82, 2.24) is 0 Å². The molecule has 0 bridgehead atoms. The Labute approximate surface area is 114 Å². The van der Waals surface area contributed by atoms with Crippen molar-refractivity contribution in [2.75, 3.05) is 18.9 Å². The van der Waals surface area contributed by atoms with Crippen molar-refractivity contribution in [3.05, 3.63) is 28.1 Å². The van der Waals surface area contributed by atoms with Crippen molar-refractivity contribution in [2.45, 2.75) is 25.7 Å². The molecule has 0 amide bonds. The molecule has 1 aliphatic heterocycles. The zero-order valence-corrected chi connectivity index (χ0v) is 11.1. The summed E-state index contributed by atoms with van der Waals surface area (Å²) in [5.41, 5.74) is 4.83. The van der Waals surface area contributed by atoms with Gasteiger partial charge in [-0.25, -0.2) is 4.39 Å². The predicted molar refractivity (Wildman–Crippen MR) is 67.9 cm³/mol. The highest BCUT2D eigenvalue weighted by Crippen LogP contribution is 2.30. The summed E-state index contributed by atoms with van der Waals surface area (Å²) in [5.74, 6) is -1.69. The Morgan fingerprint density at radius 3 is 2.85 bits per heavy atom. The van der Waals surface area contributed by atoms with Gasteiger partial charge in [0.15, 0.2) is 17.4 Å². The number of hydrogen-bond acceptors (Lipinski definition) is 6. The Hall–Kier alpha value is -1.93. The average molecular weight is 286 g/mol. The highest BCUT2D eigenvalue weighted by atomic mass is 19.1. The summed E-state index contributed by atoms with van der Waals surface area (Å²) in [6.07, 6.45) is -0.333. The van der Waals surface area contributed by atoms with Crippen molar-refractivity contribution in [3.63, 3.8) is 0 Å². The quantitative estimate of drug-likeness (QED) is 0.515. The molecule has 0 aliphatic carbocycles. The number of nitro groups is 1. The van der Waals surface area contributed by atoms with Gasteiger partial charge in [-0.05, 0) is 13.8 Å². The van der Waals surface area contributed by atoms with Crippen molar-refractivity contribution >= 4 is 11.4 Å². The minimum absolute atomic E-state index is 0.0671. The van der Waals surface area contributed by atoms with Gasteiger partial charge in [-0.2, -0.15) is 0 Å². The zero-order valence-electron chi connectivity index (χ0n) is 11.1. The van der Waals surface area contributed by atoms with E-state index < -0.39 is 22.2 Å². The number of halogens is 1. The molecule has 8 heteroatoms. The van der Waals surface area contributed by atoms with Gasteiger partial charge in [0.1, 0.15) is 18.4 Å². The van der Waals surface area contributed by atoms with Crippen molar-refractivity contribution in [1.29, 1.82) is 0 Å². The van der Waals surface area contributed by atoms with E-state index in [4.69, 9.17) is 19.9 Å². The third-order valence-electron chi connectivity index (χ3n) is 2.77. The van der Waals surface area contributed by atoms with Crippen LogP contribution in [-0.2, 0) is 9.47 Å². The van der Waals surface area contributed by atoms with E-state index >= 15 is 0 Å². The number of hydrogen-bond donors (Lipinski definition) is 1. The second-order valence-electron chi connectivity index (χ2n) is 4.86. The van der Waals surface area contributed by atoms with Crippen LogP contribution in [0.25, 0.3) is 0 Å². The molecule has 1 aromatic carbocycles. The first-order valence-corrected chi connectivity index (χ1v) is 5.96. The van der Waals surface area contributed by atoms with Crippen LogP contribution in [0.5, 0.6) is 5.75 Å². The number of anilines is 1. The van der Waals surface area contributed by atoms with Crippen molar-refractivity contribution in [3.8, 4) is 5.75 Å². The van der Waals surface area contributed by atoms with Crippen LogP contribution in [0.1, 0.15) is 13.8 Å². The van der Waals surface area contributed by atoms with Gasteiger partial charge in [-0.3, -0.25) is 10.1 Å². The summed E-state index contributed by atoms with van der Waals surface area (Å²) in [4.78, 5) is 9.85. The second-order valence-corrected chi connectivity index (χ2v) is 4.86. The molecule has 1 aliphatic rings. The molecule has 0 aromatic heterocycles. The van der Waals surface area contributed by atoms with E-state index in [2.05, 4.69) is 0 Å². The number of nitrogens with two attached hydrogens (primary N) is 1. The Morgan fingerprint density at radius 1 is 1.60 bits per heavy atom. The smallest absolute Gasteiger partial charge is 0.295 e. The molecule has 1 saturated heterocycles. The first-order valence-electron chi connectivity index (χ1n) is 5.96. The van der Waals surface area contributed by atoms with E-state index in [1.54, 1.807) is 13.8 Å². The molecule has 0 radical (unpaired) electrons. The standard InChI is InChI=1S/C12H15FN2O5/c1-12(2)19-6-7(20-12)5-18-11-4-9(14)10(15(16)17)3-8(11)13/h3-4,7H,5-6,14H2,1-2H3/t7-/m0/s1. The largest absolute Gasteiger partial charge is 0.488 e. The number of nitro benzene ring substituents is 1. The zero-order chi connectivity index (χ0) is 14.9. The summed E-state index contributed by atoms with van der Waals surface area (Å²) in [5, 5.41) is 10.6. The average Bonchev–Trinajstić information content (AvgIpc) is 2.69. The maximum Gasteiger partial charge on any atom is 0.295 e. The third-order valence-corrected chi connectivity index (χ3v) is 2.77. The van der Waals surface area contributed by atoms with Crippen LogP contribution in [0, 0.1) is 15.9 Å². The second kappa shape index (κ2) is 5.22. The topological polar surface area (TPSA) is 96.9 Å². The summed E-state index contributed by atoms with van der Waals surface area (Å²) >= 11 is 0.